The number of hydrogen-bond donors (Lipinski definition) is 1. The van der Waals surface area contributed by atoms with Gasteiger partial charge in [0.2, 0.25) is 0 Å². The molecule has 1 fully saturated rings. The van der Waals surface area contributed by atoms with Gasteiger partial charge in [-0.15, -0.1) is 0 Å². The smallest absolute Gasteiger partial charge is 0.290 e. The molecule has 0 spiro atoms. The number of carbonyl (C=O) groups is 2. The molecule has 7 heteroatoms. The SMILES string of the molecule is O=C(C=Cc1ccccc1)C1=C(O)C(=O)N(CCN2CCOCC2)C1c1ccccc1F. The quantitative estimate of drug-likeness (QED) is 0.676. The highest BCUT2D eigenvalue weighted by Gasteiger charge is 2.43. The molecule has 1 atom stereocenters. The number of ether oxygens (including phenoxy) is 1. The number of nitrogens with zero attached hydrogens (tertiary/aromatic N) is 2. The van der Waals surface area contributed by atoms with Crippen molar-refractivity contribution in [2.45, 2.75) is 6.04 Å². The summed E-state index contributed by atoms with van der Waals surface area (Å²) in [7, 11) is 0. The number of carbonyl (C=O) groups excluding carboxylic acids is 2. The van der Waals surface area contributed by atoms with Crippen molar-refractivity contribution in [2.75, 3.05) is 39.4 Å². The van der Waals surface area contributed by atoms with Crippen LogP contribution in [0.1, 0.15) is 17.2 Å². The summed E-state index contributed by atoms with van der Waals surface area (Å²) in [5.41, 5.74) is 0.884. The Labute approximate surface area is 186 Å². The molecule has 6 nitrogen and oxygen atoms in total. The van der Waals surface area contributed by atoms with Gasteiger partial charge in [-0.3, -0.25) is 14.5 Å². The van der Waals surface area contributed by atoms with Crippen LogP contribution in [0.2, 0.25) is 0 Å². The average molecular weight is 436 g/mol. The number of halogens is 1. The maximum Gasteiger partial charge on any atom is 0.290 e. The first-order valence-corrected chi connectivity index (χ1v) is 10.6. The predicted octanol–water partition coefficient (Wildman–Crippen LogP) is 3.14. The van der Waals surface area contributed by atoms with E-state index in [0.717, 1.165) is 18.7 Å². The molecule has 0 aromatic heterocycles. The Balaban J connectivity index is 1.63. The molecule has 2 aromatic carbocycles. The summed E-state index contributed by atoms with van der Waals surface area (Å²) in [6.07, 6.45) is 2.93. The number of allylic oxidation sites excluding steroid dienone is 1. The summed E-state index contributed by atoms with van der Waals surface area (Å²) in [5.74, 6) is -2.35. The predicted molar refractivity (Wildman–Crippen MR) is 118 cm³/mol. The van der Waals surface area contributed by atoms with Crippen LogP contribution in [0.3, 0.4) is 0 Å². The van der Waals surface area contributed by atoms with Crippen molar-refractivity contribution < 1.29 is 23.8 Å². The number of hydrogen-bond acceptors (Lipinski definition) is 5. The van der Waals surface area contributed by atoms with E-state index in [2.05, 4.69) is 4.90 Å². The largest absolute Gasteiger partial charge is 0.503 e. The fraction of sp³-hybridized carbons (Fsp3) is 0.280. The van der Waals surface area contributed by atoms with Crippen molar-refractivity contribution in [3.63, 3.8) is 0 Å². The van der Waals surface area contributed by atoms with E-state index in [4.69, 9.17) is 4.74 Å². The van der Waals surface area contributed by atoms with E-state index in [1.54, 1.807) is 24.3 Å². The van der Waals surface area contributed by atoms with Crippen LogP contribution in [-0.4, -0.2) is 66.0 Å². The molecule has 4 rings (SSSR count). The summed E-state index contributed by atoms with van der Waals surface area (Å²) < 4.78 is 20.1. The van der Waals surface area contributed by atoms with E-state index in [1.165, 1.54) is 17.0 Å². The van der Waals surface area contributed by atoms with Crippen molar-refractivity contribution in [3.8, 4) is 0 Å². The van der Waals surface area contributed by atoms with Crippen LogP contribution in [0.4, 0.5) is 4.39 Å². The molecule has 0 saturated carbocycles. The highest BCUT2D eigenvalue weighted by atomic mass is 19.1. The van der Waals surface area contributed by atoms with Gasteiger partial charge in [-0.1, -0.05) is 54.6 Å². The number of aliphatic hydroxyl groups is 1. The van der Waals surface area contributed by atoms with Crippen molar-refractivity contribution in [3.05, 3.63) is 88.9 Å². The molecule has 1 saturated heterocycles. The van der Waals surface area contributed by atoms with E-state index in [1.807, 2.05) is 30.3 Å². The molecular formula is C25H25FN2O4. The Kier molecular flexibility index (Phi) is 6.78. The molecule has 0 bridgehead atoms. The Morgan fingerprint density at radius 3 is 2.47 bits per heavy atom. The van der Waals surface area contributed by atoms with Crippen LogP contribution in [0.25, 0.3) is 6.08 Å². The first-order chi connectivity index (χ1) is 15.6. The van der Waals surface area contributed by atoms with Crippen molar-refractivity contribution >= 4 is 17.8 Å². The molecule has 2 aliphatic rings. The molecule has 0 aliphatic carbocycles. The average Bonchev–Trinajstić information content (AvgIpc) is 3.07. The number of rotatable bonds is 7. The zero-order valence-electron chi connectivity index (χ0n) is 17.6. The van der Waals surface area contributed by atoms with E-state index >= 15 is 0 Å². The number of benzene rings is 2. The Hall–Kier alpha value is -3.29. The van der Waals surface area contributed by atoms with Crippen LogP contribution in [0.5, 0.6) is 0 Å². The van der Waals surface area contributed by atoms with Gasteiger partial charge in [-0.05, 0) is 17.7 Å². The van der Waals surface area contributed by atoms with Gasteiger partial charge in [0, 0.05) is 31.7 Å². The molecule has 2 heterocycles. The second-order valence-corrected chi connectivity index (χ2v) is 7.75. The van der Waals surface area contributed by atoms with Gasteiger partial charge in [-0.2, -0.15) is 0 Å². The first kappa shape index (κ1) is 21.9. The van der Waals surface area contributed by atoms with Gasteiger partial charge < -0.3 is 14.7 Å². The third kappa shape index (κ3) is 4.64. The van der Waals surface area contributed by atoms with Gasteiger partial charge in [0.05, 0.1) is 24.8 Å². The van der Waals surface area contributed by atoms with Crippen molar-refractivity contribution in [2.24, 2.45) is 0 Å². The van der Waals surface area contributed by atoms with Gasteiger partial charge in [0.1, 0.15) is 5.82 Å². The third-order valence-corrected chi connectivity index (χ3v) is 5.76. The van der Waals surface area contributed by atoms with Crippen LogP contribution in [0, 0.1) is 5.82 Å². The minimum absolute atomic E-state index is 0.103. The van der Waals surface area contributed by atoms with Crippen LogP contribution in [0.15, 0.2) is 72.0 Å². The molecule has 32 heavy (non-hydrogen) atoms. The van der Waals surface area contributed by atoms with Gasteiger partial charge in [0.25, 0.3) is 5.91 Å². The maximum atomic E-state index is 14.8. The topological polar surface area (TPSA) is 70.1 Å². The lowest BCUT2D eigenvalue weighted by Crippen LogP contribution is -2.43. The lowest BCUT2D eigenvalue weighted by Gasteiger charge is -2.31. The van der Waals surface area contributed by atoms with Crippen LogP contribution >= 0.6 is 0 Å². The number of morpholine rings is 1. The summed E-state index contributed by atoms with van der Waals surface area (Å²) >= 11 is 0. The monoisotopic (exact) mass is 436 g/mol. The Morgan fingerprint density at radius 2 is 1.75 bits per heavy atom. The lowest BCUT2D eigenvalue weighted by molar-refractivity contribution is -0.129. The fourth-order valence-electron chi connectivity index (χ4n) is 4.06. The summed E-state index contributed by atoms with van der Waals surface area (Å²) in [5, 5.41) is 10.6. The van der Waals surface area contributed by atoms with Gasteiger partial charge in [0.15, 0.2) is 11.5 Å². The number of amides is 1. The molecule has 1 amide bonds. The standard InChI is InChI=1S/C25H25FN2O4/c26-20-9-5-4-8-19(20)23-22(21(29)11-10-18-6-2-1-3-7-18)24(30)25(31)28(23)13-12-27-14-16-32-17-15-27/h1-11,23,30H,12-17H2. The molecule has 2 aliphatic heterocycles. The van der Waals surface area contributed by atoms with E-state index in [-0.39, 0.29) is 17.7 Å². The van der Waals surface area contributed by atoms with Crippen LogP contribution in [-0.2, 0) is 14.3 Å². The first-order valence-electron chi connectivity index (χ1n) is 10.6. The van der Waals surface area contributed by atoms with Crippen molar-refractivity contribution in [1.29, 1.82) is 0 Å². The number of aliphatic hydroxyl groups excluding tert-OH is 1. The number of ketones is 1. The van der Waals surface area contributed by atoms with E-state index in [9.17, 15) is 19.1 Å². The second kappa shape index (κ2) is 9.89. The fourth-order valence-corrected chi connectivity index (χ4v) is 4.06. The molecule has 2 aromatic rings. The zero-order valence-corrected chi connectivity index (χ0v) is 17.6. The highest BCUT2D eigenvalue weighted by Crippen LogP contribution is 2.38. The highest BCUT2D eigenvalue weighted by molar-refractivity contribution is 6.14. The zero-order chi connectivity index (χ0) is 22.5. The van der Waals surface area contributed by atoms with E-state index in [0.29, 0.717) is 19.8 Å². The third-order valence-electron chi connectivity index (χ3n) is 5.76. The van der Waals surface area contributed by atoms with Crippen LogP contribution < -0.4 is 0 Å². The molecule has 0 radical (unpaired) electrons. The minimum atomic E-state index is -0.988. The molecule has 166 valence electrons. The van der Waals surface area contributed by atoms with Gasteiger partial charge >= 0.3 is 0 Å². The normalized spacial score (nSPS) is 19.8. The second-order valence-electron chi connectivity index (χ2n) is 7.75. The summed E-state index contributed by atoms with van der Waals surface area (Å²) in [4.78, 5) is 29.5. The Morgan fingerprint density at radius 1 is 1.06 bits per heavy atom. The van der Waals surface area contributed by atoms with Crippen molar-refractivity contribution in [1.82, 2.24) is 9.80 Å². The molecule has 1 N–H and O–H groups in total. The lowest BCUT2D eigenvalue weighted by atomic mass is 9.95. The molecular weight excluding hydrogens is 411 g/mol. The summed E-state index contributed by atoms with van der Waals surface area (Å²) in [6, 6.07) is 14.3. The minimum Gasteiger partial charge on any atom is -0.503 e. The maximum absolute atomic E-state index is 14.8. The summed E-state index contributed by atoms with van der Waals surface area (Å²) in [6.45, 7) is 3.48. The Bertz CT molecular complexity index is 1040. The van der Waals surface area contributed by atoms with E-state index < -0.39 is 29.3 Å². The van der Waals surface area contributed by atoms with Gasteiger partial charge in [-0.25, -0.2) is 4.39 Å². The molecule has 1 unspecified atom stereocenters.